The van der Waals surface area contributed by atoms with Crippen LogP contribution in [0.4, 0.5) is 0 Å². The minimum atomic E-state index is -0.671. The van der Waals surface area contributed by atoms with Gasteiger partial charge in [0.05, 0.1) is 0 Å². The Bertz CT molecular complexity index is 180. The van der Waals surface area contributed by atoms with Crippen molar-refractivity contribution in [1.82, 2.24) is 4.90 Å². The Hall–Kier alpha value is -0.570. The molecule has 0 bridgehead atoms. The fourth-order valence-electron chi connectivity index (χ4n) is 2.14. The monoisotopic (exact) mass is 185 g/mol. The lowest BCUT2D eigenvalue weighted by molar-refractivity contribution is -0.137. The number of carboxylic acids is 1. The lowest BCUT2D eigenvalue weighted by atomic mass is 10.1. The molecule has 13 heavy (non-hydrogen) atoms. The van der Waals surface area contributed by atoms with E-state index in [4.69, 9.17) is 5.11 Å². The molecule has 1 N–H and O–H groups in total. The molecule has 0 radical (unpaired) electrons. The predicted molar refractivity (Wildman–Crippen MR) is 51.7 cm³/mol. The number of nitrogens with zero attached hydrogens (tertiary/aromatic N) is 1. The first-order valence-corrected chi connectivity index (χ1v) is 5.09. The van der Waals surface area contributed by atoms with Gasteiger partial charge in [0.1, 0.15) is 0 Å². The highest BCUT2D eigenvalue weighted by molar-refractivity contribution is 5.66. The zero-order valence-electron chi connectivity index (χ0n) is 8.49. The van der Waals surface area contributed by atoms with Gasteiger partial charge in [0.25, 0.3) is 0 Å². The summed E-state index contributed by atoms with van der Waals surface area (Å²) >= 11 is 0. The zero-order chi connectivity index (χ0) is 9.84. The van der Waals surface area contributed by atoms with Gasteiger partial charge in [0, 0.05) is 18.5 Å². The van der Waals surface area contributed by atoms with Crippen LogP contribution in [0.1, 0.15) is 39.5 Å². The van der Waals surface area contributed by atoms with Crippen LogP contribution in [0.3, 0.4) is 0 Å². The quantitative estimate of drug-likeness (QED) is 0.725. The summed E-state index contributed by atoms with van der Waals surface area (Å²) in [6.07, 6.45) is 3.52. The second-order valence-corrected chi connectivity index (χ2v) is 4.06. The molecule has 1 heterocycles. The van der Waals surface area contributed by atoms with Crippen LogP contribution < -0.4 is 0 Å². The Labute approximate surface area is 79.7 Å². The number of hydrogen-bond donors (Lipinski definition) is 1. The molecule has 3 heteroatoms. The predicted octanol–water partition coefficient (Wildman–Crippen LogP) is 1.72. The summed E-state index contributed by atoms with van der Waals surface area (Å²) in [4.78, 5) is 12.8. The summed E-state index contributed by atoms with van der Waals surface area (Å²) in [6.45, 7) is 5.50. The van der Waals surface area contributed by atoms with Crippen LogP contribution >= 0.6 is 0 Å². The highest BCUT2D eigenvalue weighted by atomic mass is 16.4. The van der Waals surface area contributed by atoms with Gasteiger partial charge in [-0.15, -0.1) is 0 Å². The third kappa shape index (κ3) is 2.99. The maximum Gasteiger partial charge on any atom is 0.303 e. The first kappa shape index (κ1) is 10.5. The molecule has 1 atom stereocenters. The SMILES string of the molecule is CC(C)N1CCC[C@H]1CCC(=O)O. The van der Waals surface area contributed by atoms with Gasteiger partial charge in [-0.1, -0.05) is 0 Å². The Kier molecular flexibility index (Phi) is 3.72. The molecule has 0 aliphatic carbocycles. The number of rotatable bonds is 4. The standard InChI is InChI=1S/C10H19NO2/c1-8(2)11-7-3-4-9(11)5-6-10(12)13/h8-9H,3-7H2,1-2H3,(H,12,13)/t9-/m0/s1. The summed E-state index contributed by atoms with van der Waals surface area (Å²) < 4.78 is 0. The van der Waals surface area contributed by atoms with E-state index in [1.807, 2.05) is 0 Å². The summed E-state index contributed by atoms with van der Waals surface area (Å²) in [5.41, 5.74) is 0. The molecule has 1 rings (SSSR count). The van der Waals surface area contributed by atoms with Gasteiger partial charge < -0.3 is 5.11 Å². The molecule has 0 spiro atoms. The third-order valence-electron chi connectivity index (χ3n) is 2.78. The van der Waals surface area contributed by atoms with Crippen molar-refractivity contribution >= 4 is 5.97 Å². The van der Waals surface area contributed by atoms with Crippen molar-refractivity contribution in [2.75, 3.05) is 6.54 Å². The Morgan fingerprint density at radius 1 is 1.62 bits per heavy atom. The Morgan fingerprint density at radius 3 is 2.85 bits per heavy atom. The molecule has 0 aromatic heterocycles. The average Bonchev–Trinajstić information content (AvgIpc) is 2.47. The number of carbonyl (C=O) groups is 1. The van der Waals surface area contributed by atoms with Gasteiger partial charge in [-0.2, -0.15) is 0 Å². The molecule has 0 aromatic carbocycles. The van der Waals surface area contributed by atoms with Crippen LogP contribution in [0, 0.1) is 0 Å². The van der Waals surface area contributed by atoms with E-state index in [0.717, 1.165) is 13.0 Å². The van der Waals surface area contributed by atoms with Crippen molar-refractivity contribution in [3.05, 3.63) is 0 Å². The van der Waals surface area contributed by atoms with Crippen molar-refractivity contribution in [3.8, 4) is 0 Å². The molecule has 0 amide bonds. The number of hydrogen-bond acceptors (Lipinski definition) is 2. The van der Waals surface area contributed by atoms with E-state index in [9.17, 15) is 4.79 Å². The fraction of sp³-hybridized carbons (Fsp3) is 0.900. The highest BCUT2D eigenvalue weighted by Crippen LogP contribution is 2.23. The van der Waals surface area contributed by atoms with E-state index in [0.29, 0.717) is 18.5 Å². The number of aliphatic carboxylic acids is 1. The van der Waals surface area contributed by atoms with E-state index in [2.05, 4.69) is 18.7 Å². The van der Waals surface area contributed by atoms with Crippen molar-refractivity contribution in [2.24, 2.45) is 0 Å². The van der Waals surface area contributed by atoms with Gasteiger partial charge in [-0.25, -0.2) is 0 Å². The summed E-state index contributed by atoms with van der Waals surface area (Å²) in [5.74, 6) is -0.671. The maximum absolute atomic E-state index is 10.4. The van der Waals surface area contributed by atoms with Gasteiger partial charge in [0.15, 0.2) is 0 Å². The van der Waals surface area contributed by atoms with Crippen LogP contribution in [0.25, 0.3) is 0 Å². The molecular formula is C10H19NO2. The largest absolute Gasteiger partial charge is 0.481 e. The molecule has 1 saturated heterocycles. The Balaban J connectivity index is 2.35. The maximum atomic E-state index is 10.4. The number of likely N-dealkylation sites (tertiary alicyclic amines) is 1. The molecule has 0 saturated carbocycles. The molecule has 1 aliphatic heterocycles. The lowest BCUT2D eigenvalue weighted by Crippen LogP contribution is -2.35. The normalized spacial score (nSPS) is 24.1. The lowest BCUT2D eigenvalue weighted by Gasteiger charge is -2.27. The molecule has 1 fully saturated rings. The van der Waals surface area contributed by atoms with Crippen LogP contribution in [0.5, 0.6) is 0 Å². The average molecular weight is 185 g/mol. The van der Waals surface area contributed by atoms with Crippen LogP contribution in [0.15, 0.2) is 0 Å². The van der Waals surface area contributed by atoms with Crippen molar-refractivity contribution < 1.29 is 9.90 Å². The zero-order valence-corrected chi connectivity index (χ0v) is 8.49. The minimum Gasteiger partial charge on any atom is -0.481 e. The van der Waals surface area contributed by atoms with Gasteiger partial charge in [0.2, 0.25) is 0 Å². The van der Waals surface area contributed by atoms with E-state index >= 15 is 0 Å². The van der Waals surface area contributed by atoms with Crippen LogP contribution in [-0.2, 0) is 4.79 Å². The molecule has 1 aliphatic rings. The second-order valence-electron chi connectivity index (χ2n) is 4.06. The van der Waals surface area contributed by atoms with Gasteiger partial charge in [-0.3, -0.25) is 9.69 Å². The topological polar surface area (TPSA) is 40.5 Å². The van der Waals surface area contributed by atoms with Crippen LogP contribution in [-0.4, -0.2) is 34.6 Å². The Morgan fingerprint density at radius 2 is 2.31 bits per heavy atom. The van der Waals surface area contributed by atoms with E-state index in [1.165, 1.54) is 12.8 Å². The summed E-state index contributed by atoms with van der Waals surface area (Å²) in [6, 6.07) is 1.07. The first-order chi connectivity index (χ1) is 6.11. The second kappa shape index (κ2) is 4.61. The van der Waals surface area contributed by atoms with Crippen molar-refractivity contribution in [2.45, 2.75) is 51.6 Å². The van der Waals surface area contributed by atoms with Gasteiger partial charge >= 0.3 is 5.97 Å². The van der Waals surface area contributed by atoms with E-state index in [1.54, 1.807) is 0 Å². The molecule has 3 nitrogen and oxygen atoms in total. The fourth-order valence-corrected chi connectivity index (χ4v) is 2.14. The third-order valence-corrected chi connectivity index (χ3v) is 2.78. The highest BCUT2D eigenvalue weighted by Gasteiger charge is 2.26. The molecule has 0 unspecified atom stereocenters. The van der Waals surface area contributed by atoms with Crippen LogP contribution in [0.2, 0.25) is 0 Å². The van der Waals surface area contributed by atoms with Gasteiger partial charge in [-0.05, 0) is 39.7 Å². The van der Waals surface area contributed by atoms with Crippen molar-refractivity contribution in [1.29, 1.82) is 0 Å². The van der Waals surface area contributed by atoms with E-state index < -0.39 is 5.97 Å². The van der Waals surface area contributed by atoms with E-state index in [-0.39, 0.29) is 0 Å². The molecular weight excluding hydrogens is 166 g/mol. The molecule has 76 valence electrons. The summed E-state index contributed by atoms with van der Waals surface area (Å²) in [7, 11) is 0. The van der Waals surface area contributed by atoms with Crippen molar-refractivity contribution in [3.63, 3.8) is 0 Å². The minimum absolute atomic E-state index is 0.313. The first-order valence-electron chi connectivity index (χ1n) is 5.09. The molecule has 0 aromatic rings. The number of carboxylic acid groups (broad SMARTS) is 1. The summed E-state index contributed by atoms with van der Waals surface area (Å²) in [5, 5.41) is 8.58. The smallest absolute Gasteiger partial charge is 0.303 e.